The molecule has 0 aliphatic carbocycles. The van der Waals surface area contributed by atoms with Crippen LogP contribution in [0.3, 0.4) is 0 Å². The molecular formula is C9H8N4O. The molecule has 70 valence electrons. The van der Waals surface area contributed by atoms with E-state index in [2.05, 4.69) is 22.0 Å². The van der Waals surface area contributed by atoms with Crippen molar-refractivity contribution in [2.75, 3.05) is 5.32 Å². The molecule has 0 atom stereocenters. The third-order valence-corrected chi connectivity index (χ3v) is 1.66. The fraction of sp³-hybridized carbons (Fsp3) is 0. The molecule has 1 amide bonds. The van der Waals surface area contributed by atoms with Gasteiger partial charge in [-0.25, -0.2) is 4.52 Å². The summed E-state index contributed by atoms with van der Waals surface area (Å²) in [6.45, 7) is 3.34. The molecule has 2 aromatic heterocycles. The lowest BCUT2D eigenvalue weighted by Gasteiger charge is -1.91. The minimum Gasteiger partial charge on any atom is -0.290 e. The van der Waals surface area contributed by atoms with Gasteiger partial charge in [0.1, 0.15) is 0 Å². The number of nitrogens with zero attached hydrogens (tertiary/aromatic N) is 3. The van der Waals surface area contributed by atoms with Gasteiger partial charge in [-0.15, -0.1) is 5.10 Å². The maximum absolute atomic E-state index is 10.9. The quantitative estimate of drug-likeness (QED) is 0.711. The Balaban J connectivity index is 2.35. The third kappa shape index (κ3) is 1.47. The van der Waals surface area contributed by atoms with Gasteiger partial charge in [0.15, 0.2) is 5.65 Å². The second-order valence-corrected chi connectivity index (χ2v) is 2.63. The Labute approximate surface area is 80.1 Å². The largest absolute Gasteiger partial charge is 0.290 e. The lowest BCUT2D eigenvalue weighted by atomic mass is 10.5. The Hall–Kier alpha value is -2.17. The number of pyridine rings is 1. The summed E-state index contributed by atoms with van der Waals surface area (Å²) in [6, 6.07) is 5.49. The zero-order valence-corrected chi connectivity index (χ0v) is 7.34. The molecule has 1 N–H and O–H groups in total. The number of hydrogen-bond acceptors (Lipinski definition) is 3. The first-order valence-corrected chi connectivity index (χ1v) is 4.04. The van der Waals surface area contributed by atoms with E-state index in [0.29, 0.717) is 5.65 Å². The van der Waals surface area contributed by atoms with Crippen LogP contribution in [0.25, 0.3) is 5.65 Å². The van der Waals surface area contributed by atoms with Crippen molar-refractivity contribution in [3.63, 3.8) is 0 Å². The highest BCUT2D eigenvalue weighted by molar-refractivity contribution is 5.97. The van der Waals surface area contributed by atoms with Crippen LogP contribution in [0.4, 0.5) is 5.95 Å². The number of carbonyl (C=O) groups excluding carboxylic acids is 1. The standard InChI is InChI=1S/C9H8N4O/c1-2-8(14)11-9-10-7-5-3-4-6-13(7)12-9/h2-6H,1H2,(H,11,12,14). The SMILES string of the molecule is C=CC(=O)Nc1nc2ccccn2n1. The van der Waals surface area contributed by atoms with Gasteiger partial charge in [0.25, 0.3) is 0 Å². The van der Waals surface area contributed by atoms with Gasteiger partial charge < -0.3 is 0 Å². The van der Waals surface area contributed by atoms with Crippen molar-refractivity contribution in [1.82, 2.24) is 14.6 Å². The van der Waals surface area contributed by atoms with Crippen molar-refractivity contribution in [3.8, 4) is 0 Å². The molecular weight excluding hydrogens is 180 g/mol. The van der Waals surface area contributed by atoms with E-state index in [4.69, 9.17) is 0 Å². The summed E-state index contributed by atoms with van der Waals surface area (Å²) in [5.41, 5.74) is 0.687. The molecule has 0 saturated heterocycles. The first-order valence-electron chi connectivity index (χ1n) is 4.04. The summed E-state index contributed by atoms with van der Waals surface area (Å²) in [4.78, 5) is 15.0. The minimum atomic E-state index is -0.319. The topological polar surface area (TPSA) is 59.3 Å². The van der Waals surface area contributed by atoms with Crippen LogP contribution in [0, 0.1) is 0 Å². The summed E-state index contributed by atoms with van der Waals surface area (Å²) in [5, 5.41) is 6.51. The van der Waals surface area contributed by atoms with Crippen LogP contribution in [0.1, 0.15) is 0 Å². The van der Waals surface area contributed by atoms with E-state index in [1.807, 2.05) is 12.1 Å². The first-order chi connectivity index (χ1) is 6.79. The van der Waals surface area contributed by atoms with Gasteiger partial charge in [0.2, 0.25) is 11.9 Å². The molecule has 14 heavy (non-hydrogen) atoms. The van der Waals surface area contributed by atoms with Gasteiger partial charge in [-0.2, -0.15) is 4.98 Å². The summed E-state index contributed by atoms with van der Waals surface area (Å²) in [6.07, 6.45) is 2.93. The number of hydrogen-bond donors (Lipinski definition) is 1. The van der Waals surface area contributed by atoms with Crippen molar-refractivity contribution >= 4 is 17.5 Å². The molecule has 0 fully saturated rings. The molecule has 5 nitrogen and oxygen atoms in total. The number of nitrogens with one attached hydrogen (secondary N) is 1. The van der Waals surface area contributed by atoms with E-state index in [0.717, 1.165) is 0 Å². The zero-order chi connectivity index (χ0) is 9.97. The van der Waals surface area contributed by atoms with Crippen LogP contribution in [-0.4, -0.2) is 20.5 Å². The van der Waals surface area contributed by atoms with Crippen molar-refractivity contribution in [3.05, 3.63) is 37.1 Å². The Morgan fingerprint density at radius 3 is 3.14 bits per heavy atom. The molecule has 0 radical (unpaired) electrons. The van der Waals surface area contributed by atoms with Crippen LogP contribution < -0.4 is 5.32 Å². The van der Waals surface area contributed by atoms with Gasteiger partial charge in [0, 0.05) is 6.20 Å². The van der Waals surface area contributed by atoms with Crippen molar-refractivity contribution in [1.29, 1.82) is 0 Å². The zero-order valence-electron chi connectivity index (χ0n) is 7.34. The molecule has 0 saturated carbocycles. The molecule has 0 aliphatic heterocycles. The van der Waals surface area contributed by atoms with Crippen LogP contribution >= 0.6 is 0 Å². The van der Waals surface area contributed by atoms with E-state index in [1.54, 1.807) is 16.8 Å². The van der Waals surface area contributed by atoms with Gasteiger partial charge in [0.05, 0.1) is 0 Å². The fourth-order valence-corrected chi connectivity index (χ4v) is 1.05. The van der Waals surface area contributed by atoms with E-state index < -0.39 is 0 Å². The van der Waals surface area contributed by atoms with Crippen LogP contribution in [0.2, 0.25) is 0 Å². The Morgan fingerprint density at radius 2 is 2.43 bits per heavy atom. The summed E-state index contributed by atoms with van der Waals surface area (Å²) >= 11 is 0. The lowest BCUT2D eigenvalue weighted by Crippen LogP contribution is -2.08. The van der Waals surface area contributed by atoms with Crippen molar-refractivity contribution in [2.24, 2.45) is 0 Å². The van der Waals surface area contributed by atoms with E-state index >= 15 is 0 Å². The summed E-state index contributed by atoms with van der Waals surface area (Å²) in [5.74, 6) is -0.0398. The predicted molar refractivity (Wildman–Crippen MR) is 51.8 cm³/mol. The lowest BCUT2D eigenvalue weighted by molar-refractivity contribution is -0.111. The molecule has 2 aromatic rings. The molecule has 5 heteroatoms. The highest BCUT2D eigenvalue weighted by Gasteiger charge is 2.03. The van der Waals surface area contributed by atoms with Crippen LogP contribution in [0.5, 0.6) is 0 Å². The Kier molecular flexibility index (Phi) is 1.98. The maximum atomic E-state index is 10.9. The van der Waals surface area contributed by atoms with E-state index in [1.165, 1.54) is 6.08 Å². The van der Waals surface area contributed by atoms with Crippen molar-refractivity contribution in [2.45, 2.75) is 0 Å². The van der Waals surface area contributed by atoms with Gasteiger partial charge in [-0.05, 0) is 18.2 Å². The van der Waals surface area contributed by atoms with Crippen LogP contribution in [-0.2, 0) is 4.79 Å². The van der Waals surface area contributed by atoms with Gasteiger partial charge >= 0.3 is 0 Å². The molecule has 2 rings (SSSR count). The number of aromatic nitrogens is 3. The number of rotatable bonds is 2. The highest BCUT2D eigenvalue weighted by Crippen LogP contribution is 2.03. The third-order valence-electron chi connectivity index (χ3n) is 1.66. The second kappa shape index (κ2) is 3.29. The predicted octanol–water partition coefficient (Wildman–Crippen LogP) is 0.854. The number of carbonyl (C=O) groups is 1. The van der Waals surface area contributed by atoms with E-state index in [9.17, 15) is 4.79 Å². The normalized spacial score (nSPS) is 10.0. The van der Waals surface area contributed by atoms with Gasteiger partial charge in [-0.1, -0.05) is 12.6 Å². The second-order valence-electron chi connectivity index (χ2n) is 2.63. The number of amides is 1. The monoisotopic (exact) mass is 188 g/mol. The Bertz CT molecular complexity index is 455. The molecule has 0 bridgehead atoms. The molecule has 2 heterocycles. The smallest absolute Gasteiger partial charge is 0.250 e. The molecule has 0 unspecified atom stereocenters. The van der Waals surface area contributed by atoms with E-state index in [-0.39, 0.29) is 11.9 Å². The average molecular weight is 188 g/mol. The summed E-state index contributed by atoms with van der Waals surface area (Å²) < 4.78 is 1.58. The van der Waals surface area contributed by atoms with Crippen LogP contribution in [0.15, 0.2) is 37.1 Å². The fourth-order valence-electron chi connectivity index (χ4n) is 1.05. The first kappa shape index (κ1) is 8.43. The minimum absolute atomic E-state index is 0.279. The molecule has 0 aromatic carbocycles. The Morgan fingerprint density at radius 1 is 1.57 bits per heavy atom. The number of fused-ring (bicyclic) bond motifs is 1. The highest BCUT2D eigenvalue weighted by atomic mass is 16.1. The molecule has 0 aliphatic rings. The van der Waals surface area contributed by atoms with Gasteiger partial charge in [-0.3, -0.25) is 10.1 Å². The average Bonchev–Trinajstić information content (AvgIpc) is 2.59. The number of anilines is 1. The maximum Gasteiger partial charge on any atom is 0.250 e. The summed E-state index contributed by atoms with van der Waals surface area (Å²) in [7, 11) is 0. The molecule has 0 spiro atoms. The van der Waals surface area contributed by atoms with Crippen molar-refractivity contribution < 1.29 is 4.79 Å².